The molecule has 0 aromatic heterocycles. The molecule has 2 aliphatic rings. The Labute approximate surface area is 159 Å². The van der Waals surface area contributed by atoms with Gasteiger partial charge in [-0.3, -0.25) is 14.5 Å². The van der Waals surface area contributed by atoms with Crippen LogP contribution in [0.1, 0.15) is 5.56 Å². The number of amides is 2. The van der Waals surface area contributed by atoms with Crippen molar-refractivity contribution in [3.63, 3.8) is 0 Å². The first-order valence-electron chi connectivity index (χ1n) is 8.17. The Hall–Kier alpha value is -3.13. The summed E-state index contributed by atoms with van der Waals surface area (Å²) in [6, 6.07) is 12.7. The Kier molecular flexibility index (Phi) is 4.64. The van der Waals surface area contributed by atoms with Gasteiger partial charge in [-0.2, -0.15) is 0 Å². The van der Waals surface area contributed by atoms with Gasteiger partial charge in [-0.05, 0) is 47.7 Å². The number of ether oxygens (including phenoxy) is 3. The van der Waals surface area contributed by atoms with Crippen LogP contribution < -0.4 is 19.5 Å². The smallest absolute Gasteiger partial charge is 0.295 e. The number of nitrogens with zero attached hydrogens (tertiary/aromatic N) is 1. The average Bonchev–Trinajstić information content (AvgIpc) is 3.25. The van der Waals surface area contributed by atoms with Crippen molar-refractivity contribution in [1.29, 1.82) is 0 Å². The van der Waals surface area contributed by atoms with E-state index in [-0.39, 0.29) is 24.6 Å². The minimum Gasteiger partial charge on any atom is -0.495 e. The second-order valence-corrected chi connectivity index (χ2v) is 6.75. The van der Waals surface area contributed by atoms with Crippen LogP contribution in [0.3, 0.4) is 0 Å². The first-order chi connectivity index (χ1) is 13.2. The van der Waals surface area contributed by atoms with Crippen molar-refractivity contribution < 1.29 is 23.8 Å². The molecule has 2 aliphatic heterocycles. The lowest BCUT2D eigenvalue weighted by atomic mass is 10.2. The number of benzene rings is 2. The number of methoxy groups -OCH3 is 1. The molecule has 0 bridgehead atoms. The first-order valence-corrected chi connectivity index (χ1v) is 8.99. The summed E-state index contributed by atoms with van der Waals surface area (Å²) in [6.07, 6.45) is 1.68. The topological polar surface area (TPSA) is 77.1 Å². The number of thioether (sulfide) groups is 1. The van der Waals surface area contributed by atoms with E-state index in [0.717, 1.165) is 22.2 Å². The Morgan fingerprint density at radius 3 is 2.85 bits per heavy atom. The van der Waals surface area contributed by atoms with Crippen LogP contribution >= 0.6 is 11.8 Å². The van der Waals surface area contributed by atoms with Crippen LogP contribution in [0.15, 0.2) is 47.4 Å². The molecule has 4 rings (SSSR count). The summed E-state index contributed by atoms with van der Waals surface area (Å²) in [6.45, 7) is 0.243. The summed E-state index contributed by atoms with van der Waals surface area (Å²) in [7, 11) is 1.56. The lowest BCUT2D eigenvalue weighted by Gasteiger charge is -2.16. The van der Waals surface area contributed by atoms with E-state index in [9.17, 15) is 9.59 Å². The van der Waals surface area contributed by atoms with Crippen LogP contribution in [0.4, 0.5) is 10.5 Å². The number of hydrogen-bond donors (Lipinski definition) is 1. The highest BCUT2D eigenvalue weighted by Gasteiger charge is 2.35. The molecule has 2 aromatic carbocycles. The van der Waals surface area contributed by atoms with Crippen molar-refractivity contribution in [3.05, 3.63) is 52.9 Å². The molecule has 1 N–H and O–H groups in total. The van der Waals surface area contributed by atoms with Gasteiger partial charge in [0.1, 0.15) is 5.75 Å². The van der Waals surface area contributed by atoms with Gasteiger partial charge in [0.25, 0.3) is 11.1 Å². The maximum absolute atomic E-state index is 12.6. The number of carbonyl (C=O) groups is 2. The van der Waals surface area contributed by atoms with Crippen LogP contribution in [0.2, 0.25) is 0 Å². The number of anilines is 1. The van der Waals surface area contributed by atoms with E-state index in [1.165, 1.54) is 0 Å². The predicted octanol–water partition coefficient (Wildman–Crippen LogP) is 3.53. The Morgan fingerprint density at radius 1 is 1.19 bits per heavy atom. The molecule has 2 amide bonds. The number of nitrogens with one attached hydrogen (secondary N) is 1. The normalized spacial score (nSPS) is 16.9. The second-order valence-electron chi connectivity index (χ2n) is 5.76. The fourth-order valence-corrected chi connectivity index (χ4v) is 3.58. The third-order valence-electron chi connectivity index (χ3n) is 4.10. The molecule has 1 saturated heterocycles. The fraction of sp³-hybridized carbons (Fsp3) is 0.158. The summed E-state index contributed by atoms with van der Waals surface area (Å²) >= 11 is 0.910. The molecule has 0 atom stereocenters. The van der Waals surface area contributed by atoms with Gasteiger partial charge in [0.15, 0.2) is 11.5 Å². The van der Waals surface area contributed by atoms with E-state index in [2.05, 4.69) is 5.32 Å². The highest BCUT2D eigenvalue weighted by Crippen LogP contribution is 2.36. The number of fused-ring (bicyclic) bond motifs is 1. The zero-order chi connectivity index (χ0) is 18.8. The van der Waals surface area contributed by atoms with Gasteiger partial charge in [0.2, 0.25) is 6.79 Å². The molecule has 27 heavy (non-hydrogen) atoms. The summed E-state index contributed by atoms with van der Waals surface area (Å²) in [5.74, 6) is 1.59. The van der Waals surface area contributed by atoms with Gasteiger partial charge in [-0.1, -0.05) is 18.2 Å². The lowest BCUT2D eigenvalue weighted by Crippen LogP contribution is -2.33. The van der Waals surface area contributed by atoms with E-state index in [4.69, 9.17) is 14.2 Å². The van der Waals surface area contributed by atoms with Crippen LogP contribution in [0.25, 0.3) is 6.08 Å². The molecule has 0 saturated carbocycles. The monoisotopic (exact) mass is 384 g/mol. The summed E-state index contributed by atoms with van der Waals surface area (Å²) in [4.78, 5) is 26.4. The minimum absolute atomic E-state index is 0.0590. The standard InChI is InChI=1S/C19H16N2O5S/c1-24-14-5-3-2-4-13(14)20-10-21-18(22)17(27-19(21)23)9-12-6-7-15-16(8-12)26-11-25-15/h2-9,20H,10-11H2,1H3/b17-9+. The quantitative estimate of drug-likeness (QED) is 0.790. The van der Waals surface area contributed by atoms with Gasteiger partial charge in [0, 0.05) is 0 Å². The highest BCUT2D eigenvalue weighted by molar-refractivity contribution is 8.18. The van der Waals surface area contributed by atoms with E-state index >= 15 is 0 Å². The van der Waals surface area contributed by atoms with Crippen LogP contribution in [0, 0.1) is 0 Å². The van der Waals surface area contributed by atoms with Crippen molar-refractivity contribution in [2.24, 2.45) is 0 Å². The molecule has 0 radical (unpaired) electrons. The number of para-hydroxylation sites is 2. The average molecular weight is 384 g/mol. The maximum atomic E-state index is 12.6. The van der Waals surface area contributed by atoms with Crippen molar-refractivity contribution in [3.8, 4) is 17.2 Å². The Morgan fingerprint density at radius 2 is 2.00 bits per heavy atom. The van der Waals surface area contributed by atoms with E-state index in [1.54, 1.807) is 31.4 Å². The SMILES string of the molecule is COc1ccccc1NCN1C(=O)S/C(=C/c2ccc3c(c2)OCO3)C1=O. The van der Waals surface area contributed by atoms with Gasteiger partial charge in [-0.15, -0.1) is 0 Å². The fourth-order valence-electron chi connectivity index (χ4n) is 2.75. The van der Waals surface area contributed by atoms with Crippen LogP contribution in [-0.4, -0.2) is 36.6 Å². The molecule has 138 valence electrons. The molecule has 8 heteroatoms. The minimum atomic E-state index is -0.343. The maximum Gasteiger partial charge on any atom is 0.295 e. The van der Waals surface area contributed by atoms with Gasteiger partial charge >= 0.3 is 0 Å². The van der Waals surface area contributed by atoms with Crippen LogP contribution in [-0.2, 0) is 4.79 Å². The van der Waals surface area contributed by atoms with Crippen molar-refractivity contribution in [1.82, 2.24) is 4.90 Å². The molecule has 0 spiro atoms. The molecule has 0 unspecified atom stereocenters. The van der Waals surface area contributed by atoms with Crippen molar-refractivity contribution in [2.45, 2.75) is 0 Å². The van der Waals surface area contributed by atoms with E-state index in [1.807, 2.05) is 24.3 Å². The molecule has 7 nitrogen and oxygen atoms in total. The number of imide groups is 1. The van der Waals surface area contributed by atoms with E-state index in [0.29, 0.717) is 27.8 Å². The Bertz CT molecular complexity index is 943. The van der Waals surface area contributed by atoms with Crippen LogP contribution in [0.5, 0.6) is 17.2 Å². The number of carbonyl (C=O) groups excluding carboxylic acids is 2. The van der Waals surface area contributed by atoms with Gasteiger partial charge in [-0.25, -0.2) is 0 Å². The Balaban J connectivity index is 1.48. The predicted molar refractivity (Wildman–Crippen MR) is 102 cm³/mol. The molecule has 0 aliphatic carbocycles. The first kappa shape index (κ1) is 17.3. The third-order valence-corrected chi connectivity index (χ3v) is 5.01. The van der Waals surface area contributed by atoms with Crippen molar-refractivity contribution in [2.75, 3.05) is 25.9 Å². The zero-order valence-electron chi connectivity index (χ0n) is 14.4. The molecular formula is C19H16N2O5S. The zero-order valence-corrected chi connectivity index (χ0v) is 15.2. The van der Waals surface area contributed by atoms with Crippen molar-refractivity contribution >= 4 is 34.7 Å². The molecular weight excluding hydrogens is 368 g/mol. The van der Waals surface area contributed by atoms with Gasteiger partial charge < -0.3 is 19.5 Å². The lowest BCUT2D eigenvalue weighted by molar-refractivity contribution is -0.122. The van der Waals surface area contributed by atoms with Gasteiger partial charge in [0.05, 0.1) is 24.4 Å². The number of rotatable bonds is 5. The molecule has 2 aromatic rings. The summed E-state index contributed by atoms with van der Waals surface area (Å²) in [5, 5.41) is 2.74. The number of hydrogen-bond acceptors (Lipinski definition) is 7. The molecule has 1 fully saturated rings. The second kappa shape index (κ2) is 7.24. The largest absolute Gasteiger partial charge is 0.495 e. The summed E-state index contributed by atoms with van der Waals surface area (Å²) < 4.78 is 15.9. The van der Waals surface area contributed by atoms with E-state index < -0.39 is 0 Å². The third kappa shape index (κ3) is 3.43. The highest BCUT2D eigenvalue weighted by atomic mass is 32.2. The molecule has 2 heterocycles. The summed E-state index contributed by atoms with van der Waals surface area (Å²) in [5.41, 5.74) is 1.47.